The van der Waals surface area contributed by atoms with E-state index in [0.29, 0.717) is 30.0 Å². The van der Waals surface area contributed by atoms with Gasteiger partial charge in [-0.3, -0.25) is 9.78 Å². The summed E-state index contributed by atoms with van der Waals surface area (Å²) >= 11 is 0. The van der Waals surface area contributed by atoms with Gasteiger partial charge in [-0.1, -0.05) is 0 Å². The van der Waals surface area contributed by atoms with Crippen molar-refractivity contribution in [3.8, 4) is 5.75 Å². The van der Waals surface area contributed by atoms with Gasteiger partial charge in [0.05, 0.1) is 6.20 Å². The monoisotopic (exact) mass is 389 g/mol. The molecule has 1 saturated heterocycles. The fraction of sp³-hybridized carbons (Fsp3) is 0.667. The van der Waals surface area contributed by atoms with Gasteiger partial charge in [0.25, 0.3) is 5.91 Å². The number of aromatic nitrogens is 1. The quantitative estimate of drug-likeness (QED) is 0.809. The molecule has 0 radical (unpaired) electrons. The Hall–Kier alpha value is -2.31. The zero-order valence-electron chi connectivity index (χ0n) is 17.0. The predicted molar refractivity (Wildman–Crippen MR) is 105 cm³/mol. The lowest BCUT2D eigenvalue weighted by molar-refractivity contribution is -0.123. The molecule has 1 aliphatic heterocycles. The van der Waals surface area contributed by atoms with Gasteiger partial charge < -0.3 is 19.7 Å². The van der Waals surface area contributed by atoms with Crippen molar-refractivity contribution in [1.29, 1.82) is 0 Å². The van der Waals surface area contributed by atoms with E-state index in [1.165, 1.54) is 0 Å². The Bertz CT molecular complexity index is 660. The van der Waals surface area contributed by atoms with E-state index in [9.17, 15) is 9.59 Å². The molecule has 0 bridgehead atoms. The Morgan fingerprint density at radius 1 is 1.25 bits per heavy atom. The molecule has 2 unspecified atom stereocenters. The number of nitrogens with zero attached hydrogens (tertiary/aromatic N) is 2. The Labute approximate surface area is 166 Å². The molecule has 2 aliphatic rings. The number of hydrogen-bond acceptors (Lipinski definition) is 5. The third-order valence-electron chi connectivity index (χ3n) is 5.38. The van der Waals surface area contributed by atoms with E-state index in [1.807, 2.05) is 25.7 Å². The van der Waals surface area contributed by atoms with Gasteiger partial charge in [-0.25, -0.2) is 4.79 Å². The van der Waals surface area contributed by atoms with Crippen molar-refractivity contribution in [2.24, 2.45) is 17.8 Å². The summed E-state index contributed by atoms with van der Waals surface area (Å²) in [6.45, 7) is 7.94. The number of rotatable bonds is 6. The maximum atomic E-state index is 12.2. The summed E-state index contributed by atoms with van der Waals surface area (Å²) in [7, 11) is 0. The van der Waals surface area contributed by atoms with E-state index >= 15 is 0 Å². The average molecular weight is 389 g/mol. The molecule has 7 heteroatoms. The summed E-state index contributed by atoms with van der Waals surface area (Å²) in [5.74, 6) is 2.20. The molecule has 1 saturated carbocycles. The van der Waals surface area contributed by atoms with Crippen LogP contribution in [0.4, 0.5) is 4.79 Å². The van der Waals surface area contributed by atoms with E-state index in [-0.39, 0.29) is 18.6 Å². The van der Waals surface area contributed by atoms with Gasteiger partial charge in [0.15, 0.2) is 6.61 Å². The molecule has 3 rings (SSSR count). The molecule has 2 fully saturated rings. The van der Waals surface area contributed by atoms with Crippen LogP contribution in [-0.2, 0) is 9.53 Å². The van der Waals surface area contributed by atoms with Crippen molar-refractivity contribution in [2.45, 2.75) is 45.6 Å². The Morgan fingerprint density at radius 2 is 1.96 bits per heavy atom. The van der Waals surface area contributed by atoms with Crippen molar-refractivity contribution in [1.82, 2.24) is 15.2 Å². The number of hydrogen-bond donors (Lipinski definition) is 1. The molecule has 7 nitrogen and oxygen atoms in total. The van der Waals surface area contributed by atoms with Crippen LogP contribution in [0.15, 0.2) is 24.5 Å². The second-order valence-corrected chi connectivity index (χ2v) is 8.86. The highest BCUT2D eigenvalue weighted by Gasteiger charge is 2.43. The van der Waals surface area contributed by atoms with Gasteiger partial charge in [-0.05, 0) is 69.9 Å². The van der Waals surface area contributed by atoms with Crippen LogP contribution in [0.1, 0.15) is 40.0 Å². The molecule has 2 heterocycles. The maximum Gasteiger partial charge on any atom is 0.410 e. The van der Waals surface area contributed by atoms with Crippen LogP contribution in [0.5, 0.6) is 5.75 Å². The fourth-order valence-corrected chi connectivity index (χ4v) is 4.18. The first-order chi connectivity index (χ1) is 13.3. The molecule has 154 valence electrons. The highest BCUT2D eigenvalue weighted by atomic mass is 16.6. The van der Waals surface area contributed by atoms with E-state index in [1.54, 1.807) is 24.5 Å². The first-order valence-electron chi connectivity index (χ1n) is 10.1. The highest BCUT2D eigenvalue weighted by molar-refractivity contribution is 5.77. The highest BCUT2D eigenvalue weighted by Crippen LogP contribution is 2.43. The van der Waals surface area contributed by atoms with Crippen LogP contribution in [0, 0.1) is 17.8 Å². The molecule has 2 amide bonds. The number of fused-ring (bicyclic) bond motifs is 1. The molecule has 1 aromatic heterocycles. The molecule has 3 atom stereocenters. The summed E-state index contributed by atoms with van der Waals surface area (Å²) in [4.78, 5) is 29.9. The largest absolute Gasteiger partial charge is 0.482 e. The van der Waals surface area contributed by atoms with Crippen LogP contribution in [0.2, 0.25) is 0 Å². The molecule has 0 spiro atoms. The van der Waals surface area contributed by atoms with Crippen molar-refractivity contribution in [3.63, 3.8) is 0 Å². The van der Waals surface area contributed by atoms with Crippen LogP contribution in [0.25, 0.3) is 0 Å². The normalized spacial score (nSPS) is 24.0. The molecular weight excluding hydrogens is 358 g/mol. The zero-order chi connectivity index (χ0) is 20.1. The Morgan fingerprint density at radius 3 is 2.57 bits per heavy atom. The number of amides is 2. The van der Waals surface area contributed by atoms with Gasteiger partial charge in [0, 0.05) is 25.8 Å². The maximum absolute atomic E-state index is 12.2. The van der Waals surface area contributed by atoms with Gasteiger partial charge in [-0.2, -0.15) is 0 Å². The lowest BCUT2D eigenvalue weighted by Gasteiger charge is -2.25. The minimum absolute atomic E-state index is 0.00641. The van der Waals surface area contributed by atoms with E-state index in [4.69, 9.17) is 9.47 Å². The summed E-state index contributed by atoms with van der Waals surface area (Å²) in [6.07, 6.45) is 6.26. The first kappa shape index (κ1) is 20.4. The second kappa shape index (κ2) is 8.80. The topological polar surface area (TPSA) is 80.8 Å². The van der Waals surface area contributed by atoms with Crippen molar-refractivity contribution >= 4 is 12.0 Å². The summed E-state index contributed by atoms with van der Waals surface area (Å²) in [6, 6.07) is 3.55. The lowest BCUT2D eigenvalue weighted by Crippen LogP contribution is -2.36. The molecule has 1 aromatic rings. The van der Waals surface area contributed by atoms with Crippen LogP contribution >= 0.6 is 0 Å². The van der Waals surface area contributed by atoms with Crippen molar-refractivity contribution < 1.29 is 19.1 Å². The minimum atomic E-state index is -0.448. The molecular formula is C21H31N3O4. The SMILES string of the molecule is CC(C)(C)OC(=O)N1CC2CC(CCNC(=O)COc3cccnc3)C[C@H]2C1. The fourth-order valence-electron chi connectivity index (χ4n) is 4.18. The summed E-state index contributed by atoms with van der Waals surface area (Å²) < 4.78 is 10.9. The Kier molecular flexibility index (Phi) is 6.42. The molecule has 1 aliphatic carbocycles. The van der Waals surface area contributed by atoms with Gasteiger partial charge >= 0.3 is 6.09 Å². The standard InChI is InChI=1S/C21H31N3O4/c1-21(2,3)28-20(26)24-12-16-9-15(10-17(16)13-24)6-8-23-19(25)14-27-18-5-4-7-22-11-18/h4-5,7,11,15-17H,6,8-10,12-14H2,1-3H3,(H,23,25)/t15?,16-,17?/m0/s1. The third-order valence-corrected chi connectivity index (χ3v) is 5.38. The van der Waals surface area contributed by atoms with E-state index < -0.39 is 5.60 Å². The summed E-state index contributed by atoms with van der Waals surface area (Å²) in [5, 5.41) is 2.93. The van der Waals surface area contributed by atoms with Gasteiger partial charge in [-0.15, -0.1) is 0 Å². The van der Waals surface area contributed by atoms with Crippen LogP contribution in [0.3, 0.4) is 0 Å². The van der Waals surface area contributed by atoms with Crippen molar-refractivity contribution in [3.05, 3.63) is 24.5 Å². The molecule has 0 aromatic carbocycles. The summed E-state index contributed by atoms with van der Waals surface area (Å²) in [5.41, 5.74) is -0.448. The van der Waals surface area contributed by atoms with Crippen LogP contribution < -0.4 is 10.1 Å². The zero-order valence-corrected chi connectivity index (χ0v) is 17.0. The average Bonchev–Trinajstić information content (AvgIpc) is 3.18. The predicted octanol–water partition coefficient (Wildman–Crippen LogP) is 2.86. The number of pyridine rings is 1. The Balaban J connectivity index is 1.31. The lowest BCUT2D eigenvalue weighted by atomic mass is 10.0. The first-order valence-corrected chi connectivity index (χ1v) is 10.1. The number of nitrogens with one attached hydrogen (secondary N) is 1. The molecule has 1 N–H and O–H groups in total. The number of likely N-dealkylation sites (tertiary alicyclic amines) is 1. The third kappa shape index (κ3) is 5.84. The van der Waals surface area contributed by atoms with Crippen molar-refractivity contribution in [2.75, 3.05) is 26.2 Å². The van der Waals surface area contributed by atoms with E-state index in [0.717, 1.165) is 32.4 Å². The smallest absolute Gasteiger partial charge is 0.410 e. The van der Waals surface area contributed by atoms with Gasteiger partial charge in [0.1, 0.15) is 11.4 Å². The second-order valence-electron chi connectivity index (χ2n) is 8.86. The number of ether oxygens (including phenoxy) is 2. The van der Waals surface area contributed by atoms with E-state index in [2.05, 4.69) is 10.3 Å². The number of carbonyl (C=O) groups excluding carboxylic acids is 2. The number of carbonyl (C=O) groups is 2. The molecule has 28 heavy (non-hydrogen) atoms. The van der Waals surface area contributed by atoms with Gasteiger partial charge in [0.2, 0.25) is 0 Å². The van der Waals surface area contributed by atoms with Crippen LogP contribution in [-0.4, -0.2) is 53.7 Å². The minimum Gasteiger partial charge on any atom is -0.482 e.